The van der Waals surface area contributed by atoms with Gasteiger partial charge >= 0.3 is 17.9 Å². The summed E-state index contributed by atoms with van der Waals surface area (Å²) in [5, 5.41) is 0. The Morgan fingerprint density at radius 1 is 1.00 bits per heavy atom. The van der Waals surface area contributed by atoms with Gasteiger partial charge in [0.2, 0.25) is 12.6 Å². The Labute approximate surface area is 127 Å². The Hall–Kier alpha value is -2.41. The van der Waals surface area contributed by atoms with Crippen LogP contribution >= 0.6 is 0 Å². The first-order valence-electron chi connectivity index (χ1n) is 6.71. The molecule has 0 bridgehead atoms. The molecule has 22 heavy (non-hydrogen) atoms. The Kier molecular flexibility index (Phi) is 5.11. The summed E-state index contributed by atoms with van der Waals surface area (Å²) in [5.74, 6) is -1.70. The number of carbonyl (C=O) groups excluding carboxylic acids is 3. The number of benzene rings is 1. The fraction of sp³-hybridized carbons (Fsp3) is 0.400. The lowest BCUT2D eigenvalue weighted by molar-refractivity contribution is -0.210. The van der Waals surface area contributed by atoms with Crippen molar-refractivity contribution in [3.63, 3.8) is 0 Å². The van der Waals surface area contributed by atoms with Crippen LogP contribution in [-0.2, 0) is 28.5 Å². The largest absolute Gasteiger partial charge is 0.456 e. The maximum Gasteiger partial charge on any atom is 0.340 e. The SMILES string of the molecule is CC(=O)OC1O[C@@H](OC(=O)c2ccccc2)C[C@H]1OC(C)=O. The molecule has 1 aromatic rings. The van der Waals surface area contributed by atoms with Crippen molar-refractivity contribution in [2.45, 2.75) is 39.0 Å². The van der Waals surface area contributed by atoms with Gasteiger partial charge < -0.3 is 14.2 Å². The molecule has 0 radical (unpaired) electrons. The first-order chi connectivity index (χ1) is 10.5. The van der Waals surface area contributed by atoms with E-state index in [0.29, 0.717) is 5.56 Å². The summed E-state index contributed by atoms with van der Waals surface area (Å²) >= 11 is 0. The summed E-state index contributed by atoms with van der Waals surface area (Å²) in [7, 11) is 0. The molecule has 7 heteroatoms. The van der Waals surface area contributed by atoms with Crippen LogP contribution in [0.2, 0.25) is 0 Å². The molecule has 3 atom stereocenters. The van der Waals surface area contributed by atoms with E-state index >= 15 is 0 Å². The van der Waals surface area contributed by atoms with E-state index in [9.17, 15) is 14.4 Å². The average Bonchev–Trinajstić information content (AvgIpc) is 2.79. The summed E-state index contributed by atoms with van der Waals surface area (Å²) < 4.78 is 20.4. The molecule has 1 saturated heterocycles. The smallest absolute Gasteiger partial charge is 0.340 e. The molecule has 0 spiro atoms. The van der Waals surface area contributed by atoms with E-state index in [1.165, 1.54) is 13.8 Å². The van der Waals surface area contributed by atoms with Gasteiger partial charge in [0.25, 0.3) is 0 Å². The normalized spacial score (nSPS) is 23.6. The predicted molar refractivity (Wildman–Crippen MR) is 72.5 cm³/mol. The summed E-state index contributed by atoms with van der Waals surface area (Å²) in [6.45, 7) is 2.44. The molecule has 1 aliphatic heterocycles. The fourth-order valence-electron chi connectivity index (χ4n) is 2.02. The minimum Gasteiger partial charge on any atom is -0.456 e. The molecule has 1 heterocycles. The second-order valence-corrected chi connectivity index (χ2v) is 4.70. The zero-order valence-corrected chi connectivity index (χ0v) is 12.2. The van der Waals surface area contributed by atoms with Gasteiger partial charge in [0.1, 0.15) is 0 Å². The molecule has 1 unspecified atom stereocenters. The lowest BCUT2D eigenvalue weighted by atomic mass is 10.2. The van der Waals surface area contributed by atoms with E-state index in [2.05, 4.69) is 0 Å². The molecule has 1 aliphatic rings. The van der Waals surface area contributed by atoms with Gasteiger partial charge in [-0.2, -0.15) is 0 Å². The number of hydrogen-bond donors (Lipinski definition) is 0. The molecule has 118 valence electrons. The van der Waals surface area contributed by atoms with Crippen LogP contribution in [0, 0.1) is 0 Å². The van der Waals surface area contributed by atoms with Gasteiger partial charge in [0.05, 0.1) is 12.0 Å². The maximum atomic E-state index is 11.9. The van der Waals surface area contributed by atoms with Crippen molar-refractivity contribution in [1.82, 2.24) is 0 Å². The van der Waals surface area contributed by atoms with Crippen LogP contribution in [0.4, 0.5) is 0 Å². The van der Waals surface area contributed by atoms with Crippen molar-refractivity contribution in [2.24, 2.45) is 0 Å². The minimum absolute atomic E-state index is 0.0934. The average molecular weight is 308 g/mol. The van der Waals surface area contributed by atoms with E-state index < -0.39 is 36.6 Å². The number of carbonyl (C=O) groups is 3. The third-order valence-electron chi connectivity index (χ3n) is 2.86. The maximum absolute atomic E-state index is 11.9. The van der Waals surface area contributed by atoms with Crippen LogP contribution in [0.3, 0.4) is 0 Å². The highest BCUT2D eigenvalue weighted by molar-refractivity contribution is 5.89. The van der Waals surface area contributed by atoms with E-state index in [4.69, 9.17) is 18.9 Å². The number of ether oxygens (including phenoxy) is 4. The van der Waals surface area contributed by atoms with Crippen molar-refractivity contribution in [3.8, 4) is 0 Å². The van der Waals surface area contributed by atoms with E-state index in [1.54, 1.807) is 30.3 Å². The molecule has 0 aliphatic carbocycles. The second-order valence-electron chi connectivity index (χ2n) is 4.70. The van der Waals surface area contributed by atoms with Gasteiger partial charge in [-0.25, -0.2) is 4.79 Å². The first kappa shape index (κ1) is 16.0. The lowest BCUT2D eigenvalue weighted by Gasteiger charge is -2.17. The van der Waals surface area contributed by atoms with Crippen molar-refractivity contribution in [3.05, 3.63) is 35.9 Å². The summed E-state index contributed by atoms with van der Waals surface area (Å²) in [6, 6.07) is 8.38. The lowest BCUT2D eigenvalue weighted by Crippen LogP contribution is -2.30. The molecule has 1 aromatic carbocycles. The Morgan fingerprint density at radius 3 is 2.23 bits per heavy atom. The quantitative estimate of drug-likeness (QED) is 0.613. The molecular formula is C15H16O7. The second kappa shape index (κ2) is 7.04. The van der Waals surface area contributed by atoms with Gasteiger partial charge in [0.15, 0.2) is 6.10 Å². The van der Waals surface area contributed by atoms with Crippen LogP contribution < -0.4 is 0 Å². The zero-order chi connectivity index (χ0) is 16.1. The molecule has 2 rings (SSSR count). The Bertz CT molecular complexity index is 530. The van der Waals surface area contributed by atoms with E-state index in [1.807, 2.05) is 0 Å². The van der Waals surface area contributed by atoms with Crippen molar-refractivity contribution < 1.29 is 33.3 Å². The van der Waals surface area contributed by atoms with Crippen LogP contribution in [-0.4, -0.2) is 36.6 Å². The zero-order valence-electron chi connectivity index (χ0n) is 12.2. The fourth-order valence-corrected chi connectivity index (χ4v) is 2.02. The Morgan fingerprint density at radius 2 is 1.64 bits per heavy atom. The third-order valence-corrected chi connectivity index (χ3v) is 2.86. The minimum atomic E-state index is -1.09. The number of rotatable bonds is 4. The van der Waals surface area contributed by atoms with Crippen LogP contribution in [0.25, 0.3) is 0 Å². The Balaban J connectivity index is 1.99. The molecule has 7 nitrogen and oxygen atoms in total. The highest BCUT2D eigenvalue weighted by Gasteiger charge is 2.42. The van der Waals surface area contributed by atoms with Gasteiger partial charge in [-0.15, -0.1) is 0 Å². The monoisotopic (exact) mass is 308 g/mol. The molecular weight excluding hydrogens is 292 g/mol. The van der Waals surface area contributed by atoms with Gasteiger partial charge in [0, 0.05) is 13.8 Å². The molecule has 0 aromatic heterocycles. The van der Waals surface area contributed by atoms with E-state index in [0.717, 1.165) is 0 Å². The van der Waals surface area contributed by atoms with Crippen molar-refractivity contribution >= 4 is 17.9 Å². The third kappa shape index (κ3) is 4.29. The van der Waals surface area contributed by atoms with Gasteiger partial charge in [-0.3, -0.25) is 14.3 Å². The van der Waals surface area contributed by atoms with Crippen LogP contribution in [0.5, 0.6) is 0 Å². The summed E-state index contributed by atoms with van der Waals surface area (Å²) in [6.07, 6.45) is -2.76. The number of esters is 3. The summed E-state index contributed by atoms with van der Waals surface area (Å²) in [5.41, 5.74) is 0.367. The van der Waals surface area contributed by atoms with E-state index in [-0.39, 0.29) is 6.42 Å². The standard InChI is InChI=1S/C15H16O7/c1-9(16)19-12-8-13(22-15(12)20-10(2)17)21-14(18)11-6-4-3-5-7-11/h3-7,12-13,15H,8H2,1-2H3/t12-,13-,15?/m1/s1. The van der Waals surface area contributed by atoms with Crippen LogP contribution in [0.1, 0.15) is 30.6 Å². The van der Waals surface area contributed by atoms with Gasteiger partial charge in [-0.05, 0) is 12.1 Å². The molecule has 1 fully saturated rings. The highest BCUT2D eigenvalue weighted by atomic mass is 16.8. The van der Waals surface area contributed by atoms with Crippen LogP contribution in [0.15, 0.2) is 30.3 Å². The highest BCUT2D eigenvalue weighted by Crippen LogP contribution is 2.26. The molecule has 0 amide bonds. The number of hydrogen-bond acceptors (Lipinski definition) is 7. The predicted octanol–water partition coefficient (Wildman–Crippen LogP) is 1.41. The topological polar surface area (TPSA) is 88.1 Å². The van der Waals surface area contributed by atoms with Crippen molar-refractivity contribution in [1.29, 1.82) is 0 Å². The first-order valence-corrected chi connectivity index (χ1v) is 6.71. The molecule has 0 N–H and O–H groups in total. The summed E-state index contributed by atoms with van der Waals surface area (Å²) in [4.78, 5) is 34.0. The van der Waals surface area contributed by atoms with Gasteiger partial charge in [-0.1, -0.05) is 18.2 Å². The molecule has 0 saturated carbocycles. The van der Waals surface area contributed by atoms with Crippen molar-refractivity contribution in [2.75, 3.05) is 0 Å².